The highest BCUT2D eigenvalue weighted by Crippen LogP contribution is 2.19. The normalized spacial score (nSPS) is 22.6. The van der Waals surface area contributed by atoms with Crippen LogP contribution in [-0.4, -0.2) is 23.0 Å². The van der Waals surface area contributed by atoms with Crippen molar-refractivity contribution in [3.05, 3.63) is 42.2 Å². The summed E-state index contributed by atoms with van der Waals surface area (Å²) in [5, 5.41) is 5.03. The molecule has 0 aliphatic heterocycles. The number of pyridine rings is 1. The summed E-state index contributed by atoms with van der Waals surface area (Å²) in [5.41, 5.74) is 6.40. The lowest BCUT2D eigenvalue weighted by Crippen LogP contribution is -2.40. The Balaban J connectivity index is 1.79. The van der Waals surface area contributed by atoms with E-state index in [2.05, 4.69) is 10.3 Å². The van der Waals surface area contributed by atoms with Crippen LogP contribution in [0.2, 0.25) is 0 Å². The summed E-state index contributed by atoms with van der Waals surface area (Å²) in [7, 11) is 0. The van der Waals surface area contributed by atoms with Crippen LogP contribution in [-0.2, 0) is 0 Å². The van der Waals surface area contributed by atoms with Gasteiger partial charge in [0.05, 0.1) is 0 Å². The molecule has 1 heterocycles. The number of rotatable bonds is 2. The van der Waals surface area contributed by atoms with Gasteiger partial charge in [0.25, 0.3) is 5.91 Å². The third-order valence-electron chi connectivity index (χ3n) is 4.00. The van der Waals surface area contributed by atoms with Gasteiger partial charge in [-0.05, 0) is 37.1 Å². The zero-order chi connectivity index (χ0) is 13.9. The quantitative estimate of drug-likeness (QED) is 0.878. The molecule has 20 heavy (non-hydrogen) atoms. The lowest BCUT2D eigenvalue weighted by atomic mass is 9.91. The molecule has 1 aliphatic carbocycles. The van der Waals surface area contributed by atoms with Crippen LogP contribution in [0.15, 0.2) is 36.5 Å². The van der Waals surface area contributed by atoms with Crippen LogP contribution in [0.4, 0.5) is 0 Å². The van der Waals surface area contributed by atoms with E-state index in [4.69, 9.17) is 5.73 Å². The number of carbonyl (C=O) groups is 1. The maximum atomic E-state index is 12.4. The number of hydrogen-bond acceptors (Lipinski definition) is 3. The maximum absolute atomic E-state index is 12.4. The molecule has 1 amide bonds. The first kappa shape index (κ1) is 13.1. The largest absolute Gasteiger partial charge is 0.348 e. The molecule has 3 N–H and O–H groups in total. The van der Waals surface area contributed by atoms with Crippen molar-refractivity contribution in [2.45, 2.75) is 37.8 Å². The Morgan fingerprint density at radius 3 is 2.70 bits per heavy atom. The van der Waals surface area contributed by atoms with E-state index in [9.17, 15) is 4.79 Å². The number of nitrogens with two attached hydrogens (primary N) is 1. The Hall–Kier alpha value is -1.94. The van der Waals surface area contributed by atoms with Crippen molar-refractivity contribution in [1.29, 1.82) is 0 Å². The molecule has 0 unspecified atom stereocenters. The second-order valence-corrected chi connectivity index (χ2v) is 5.47. The first-order chi connectivity index (χ1) is 9.74. The van der Waals surface area contributed by atoms with Gasteiger partial charge in [0.15, 0.2) is 0 Å². The third-order valence-corrected chi connectivity index (χ3v) is 4.00. The van der Waals surface area contributed by atoms with Gasteiger partial charge in [-0.25, -0.2) is 0 Å². The fourth-order valence-corrected chi connectivity index (χ4v) is 2.82. The van der Waals surface area contributed by atoms with Crippen molar-refractivity contribution in [3.63, 3.8) is 0 Å². The van der Waals surface area contributed by atoms with Gasteiger partial charge in [0, 0.05) is 23.7 Å². The molecule has 2 aromatic rings. The van der Waals surface area contributed by atoms with E-state index in [1.807, 2.05) is 30.3 Å². The van der Waals surface area contributed by atoms with E-state index in [0.717, 1.165) is 36.5 Å². The SMILES string of the molecule is N[C@H]1CC[C@H](NC(=O)c2nccc3ccccc23)CC1. The molecule has 104 valence electrons. The van der Waals surface area contributed by atoms with Crippen LogP contribution in [0.3, 0.4) is 0 Å². The second kappa shape index (κ2) is 5.59. The van der Waals surface area contributed by atoms with Crippen LogP contribution in [0, 0.1) is 0 Å². The minimum absolute atomic E-state index is 0.0812. The molecule has 0 saturated heterocycles. The molecule has 0 atom stereocenters. The standard InChI is InChI=1S/C16H19N3O/c17-12-5-7-13(8-6-12)19-16(20)15-14-4-2-1-3-11(14)9-10-18-15/h1-4,9-10,12-13H,5-8,17H2,(H,19,20)/t12-,13-. The average molecular weight is 269 g/mol. The van der Waals surface area contributed by atoms with Crippen LogP contribution in [0.25, 0.3) is 10.8 Å². The maximum Gasteiger partial charge on any atom is 0.270 e. The van der Waals surface area contributed by atoms with Crippen LogP contribution >= 0.6 is 0 Å². The smallest absolute Gasteiger partial charge is 0.270 e. The van der Waals surface area contributed by atoms with Gasteiger partial charge >= 0.3 is 0 Å². The Morgan fingerprint density at radius 2 is 1.90 bits per heavy atom. The van der Waals surface area contributed by atoms with Crippen molar-refractivity contribution in [2.75, 3.05) is 0 Å². The lowest BCUT2D eigenvalue weighted by molar-refractivity contribution is 0.0922. The van der Waals surface area contributed by atoms with E-state index in [0.29, 0.717) is 11.7 Å². The molecule has 0 bridgehead atoms. The Kier molecular flexibility index (Phi) is 3.65. The molecule has 0 spiro atoms. The van der Waals surface area contributed by atoms with Gasteiger partial charge in [-0.2, -0.15) is 0 Å². The number of hydrogen-bond donors (Lipinski definition) is 2. The monoisotopic (exact) mass is 269 g/mol. The topological polar surface area (TPSA) is 68.0 Å². The first-order valence-electron chi connectivity index (χ1n) is 7.14. The number of carbonyl (C=O) groups excluding carboxylic acids is 1. The predicted molar refractivity (Wildman–Crippen MR) is 79.4 cm³/mol. The van der Waals surface area contributed by atoms with Gasteiger partial charge < -0.3 is 11.1 Å². The summed E-state index contributed by atoms with van der Waals surface area (Å²) in [6.07, 6.45) is 5.56. The molecular formula is C16H19N3O. The van der Waals surface area contributed by atoms with E-state index in [-0.39, 0.29) is 11.9 Å². The second-order valence-electron chi connectivity index (χ2n) is 5.47. The molecule has 1 fully saturated rings. The van der Waals surface area contributed by atoms with Crippen molar-refractivity contribution < 1.29 is 4.79 Å². The summed E-state index contributed by atoms with van der Waals surface area (Å²) < 4.78 is 0. The van der Waals surface area contributed by atoms with E-state index < -0.39 is 0 Å². The van der Waals surface area contributed by atoms with Gasteiger partial charge in [0.1, 0.15) is 5.69 Å². The molecule has 1 aliphatic rings. The van der Waals surface area contributed by atoms with Gasteiger partial charge in [-0.1, -0.05) is 24.3 Å². The van der Waals surface area contributed by atoms with E-state index in [1.165, 1.54) is 0 Å². The molecule has 1 aromatic carbocycles. The summed E-state index contributed by atoms with van der Waals surface area (Å²) in [6, 6.07) is 10.3. The number of aromatic nitrogens is 1. The van der Waals surface area contributed by atoms with Gasteiger partial charge in [0.2, 0.25) is 0 Å². The van der Waals surface area contributed by atoms with Gasteiger partial charge in [-0.15, -0.1) is 0 Å². The highest BCUT2D eigenvalue weighted by atomic mass is 16.1. The number of benzene rings is 1. The van der Waals surface area contributed by atoms with Crippen LogP contribution < -0.4 is 11.1 Å². The molecule has 0 radical (unpaired) electrons. The molecule has 1 saturated carbocycles. The number of fused-ring (bicyclic) bond motifs is 1. The molecule has 4 nitrogen and oxygen atoms in total. The van der Waals surface area contributed by atoms with Crippen molar-refractivity contribution >= 4 is 16.7 Å². The first-order valence-corrected chi connectivity index (χ1v) is 7.14. The summed E-state index contributed by atoms with van der Waals surface area (Å²) >= 11 is 0. The van der Waals surface area contributed by atoms with Gasteiger partial charge in [-0.3, -0.25) is 9.78 Å². The molecular weight excluding hydrogens is 250 g/mol. The molecule has 1 aromatic heterocycles. The third kappa shape index (κ3) is 2.65. The van der Waals surface area contributed by atoms with E-state index >= 15 is 0 Å². The molecule has 4 heteroatoms. The zero-order valence-corrected chi connectivity index (χ0v) is 11.4. The zero-order valence-electron chi connectivity index (χ0n) is 11.4. The highest BCUT2D eigenvalue weighted by molar-refractivity contribution is 6.05. The fourth-order valence-electron chi connectivity index (χ4n) is 2.82. The fraction of sp³-hybridized carbons (Fsp3) is 0.375. The minimum atomic E-state index is -0.0812. The minimum Gasteiger partial charge on any atom is -0.348 e. The summed E-state index contributed by atoms with van der Waals surface area (Å²) in [6.45, 7) is 0. The Morgan fingerprint density at radius 1 is 1.15 bits per heavy atom. The van der Waals surface area contributed by atoms with Crippen LogP contribution in [0.1, 0.15) is 36.2 Å². The van der Waals surface area contributed by atoms with E-state index in [1.54, 1.807) is 6.20 Å². The predicted octanol–water partition coefficient (Wildman–Crippen LogP) is 2.23. The molecule has 3 rings (SSSR count). The Labute approximate surface area is 118 Å². The highest BCUT2D eigenvalue weighted by Gasteiger charge is 2.21. The number of nitrogens with one attached hydrogen (secondary N) is 1. The summed E-state index contributed by atoms with van der Waals surface area (Å²) in [5.74, 6) is -0.0812. The lowest BCUT2D eigenvalue weighted by Gasteiger charge is -2.26. The Bertz CT molecular complexity index is 613. The number of nitrogens with zero attached hydrogens (tertiary/aromatic N) is 1. The van der Waals surface area contributed by atoms with Crippen molar-refractivity contribution in [2.24, 2.45) is 5.73 Å². The van der Waals surface area contributed by atoms with Crippen molar-refractivity contribution in [1.82, 2.24) is 10.3 Å². The summed E-state index contributed by atoms with van der Waals surface area (Å²) in [4.78, 5) is 16.7. The number of amides is 1. The van der Waals surface area contributed by atoms with Crippen molar-refractivity contribution in [3.8, 4) is 0 Å². The van der Waals surface area contributed by atoms with Crippen LogP contribution in [0.5, 0.6) is 0 Å². The average Bonchev–Trinajstić information content (AvgIpc) is 2.49.